The summed E-state index contributed by atoms with van der Waals surface area (Å²) in [7, 11) is 3.44. The number of ether oxygens (including phenoxy) is 5. The lowest BCUT2D eigenvalue weighted by atomic mass is 9.52. The number of rotatable bonds is 9. The van der Waals surface area contributed by atoms with E-state index in [2.05, 4.69) is 178 Å². The Morgan fingerprint density at radius 3 is 1.75 bits per heavy atom. The molecule has 0 amide bonds. The molecule has 0 bridgehead atoms. The summed E-state index contributed by atoms with van der Waals surface area (Å²) in [6.07, 6.45) is 8.01. The predicted octanol–water partition coefficient (Wildman–Crippen LogP) is 14.3. The summed E-state index contributed by atoms with van der Waals surface area (Å²) in [6, 6.07) is 48.7. The molecule has 1 atom stereocenters. The first-order chi connectivity index (χ1) is 32.4. The smallest absolute Gasteiger partial charge is 0.178 e. The minimum Gasteiger partial charge on any atom is -0.497 e. The van der Waals surface area contributed by atoms with Gasteiger partial charge in [-0.1, -0.05) is 107 Å². The van der Waals surface area contributed by atoms with E-state index in [4.69, 9.17) is 23.7 Å². The summed E-state index contributed by atoms with van der Waals surface area (Å²) >= 11 is 0. The number of methoxy groups -OCH3 is 2. The van der Waals surface area contributed by atoms with Crippen LogP contribution in [0.25, 0.3) is 50.2 Å². The molecule has 0 N–H and O–H groups in total. The minimum absolute atomic E-state index is 0.0956. The summed E-state index contributed by atoms with van der Waals surface area (Å²) in [5.74, 6) is 3.39. The zero-order chi connectivity index (χ0) is 46.1. The molecule has 1 unspecified atom stereocenters. The monoisotopic (exact) mass is 887 g/mol. The SMILES string of the molecule is CCOc1ccc(-c2cc3c4c(c5c(c3cc2-c2ccc(OC)cc2)OC(c2ccc(OC)cc2)(c2ccc(N3CCOCC3)cc2)C=C5)C2(CC(C)(C)CC(C)(C)C2)c2ccccc2-4)cc1. The van der Waals surface area contributed by atoms with Crippen molar-refractivity contribution in [3.63, 3.8) is 0 Å². The van der Waals surface area contributed by atoms with Crippen molar-refractivity contribution in [2.75, 3.05) is 52.0 Å². The lowest BCUT2D eigenvalue weighted by Crippen LogP contribution is -2.44. The Labute approximate surface area is 396 Å². The van der Waals surface area contributed by atoms with Crippen LogP contribution in [0.15, 0.2) is 140 Å². The number of hydrogen-bond acceptors (Lipinski definition) is 6. The third-order valence-corrected chi connectivity index (χ3v) is 15.0. The Bertz CT molecular complexity index is 3000. The van der Waals surface area contributed by atoms with Crippen molar-refractivity contribution in [2.24, 2.45) is 10.8 Å². The van der Waals surface area contributed by atoms with Crippen molar-refractivity contribution in [1.82, 2.24) is 0 Å². The fraction of sp³-hybridized carbons (Fsp3) is 0.311. The van der Waals surface area contributed by atoms with Gasteiger partial charge in [-0.25, -0.2) is 0 Å². The quantitative estimate of drug-likeness (QED) is 0.144. The lowest BCUT2D eigenvalue weighted by Gasteiger charge is -2.52. The molecule has 2 aliphatic carbocycles. The van der Waals surface area contributed by atoms with Gasteiger partial charge < -0.3 is 28.6 Å². The van der Waals surface area contributed by atoms with Crippen LogP contribution in [0.2, 0.25) is 0 Å². The first kappa shape index (κ1) is 43.1. The van der Waals surface area contributed by atoms with Crippen LogP contribution in [-0.2, 0) is 15.8 Å². The summed E-state index contributed by atoms with van der Waals surface area (Å²) < 4.78 is 31.1. The van der Waals surface area contributed by atoms with E-state index in [9.17, 15) is 0 Å². The van der Waals surface area contributed by atoms with E-state index < -0.39 is 5.60 Å². The highest BCUT2D eigenvalue weighted by atomic mass is 16.5. The van der Waals surface area contributed by atoms with Crippen molar-refractivity contribution in [2.45, 2.75) is 64.9 Å². The van der Waals surface area contributed by atoms with Crippen molar-refractivity contribution < 1.29 is 23.7 Å². The van der Waals surface area contributed by atoms with E-state index in [1.807, 2.05) is 6.92 Å². The Morgan fingerprint density at radius 1 is 0.597 bits per heavy atom. The molecule has 0 radical (unpaired) electrons. The molecule has 1 spiro atoms. The van der Waals surface area contributed by atoms with Crippen molar-refractivity contribution in [3.05, 3.63) is 167 Å². The Balaban J connectivity index is 1.23. The predicted molar refractivity (Wildman–Crippen MR) is 273 cm³/mol. The van der Waals surface area contributed by atoms with Crippen LogP contribution >= 0.6 is 0 Å². The molecule has 0 aromatic heterocycles. The van der Waals surface area contributed by atoms with Gasteiger partial charge in [-0.3, -0.25) is 0 Å². The van der Waals surface area contributed by atoms with Gasteiger partial charge in [0.1, 0.15) is 23.0 Å². The van der Waals surface area contributed by atoms with Crippen molar-refractivity contribution >= 4 is 22.5 Å². The summed E-state index contributed by atoms with van der Waals surface area (Å²) in [4.78, 5) is 2.41. The number of morpholine rings is 1. The molecule has 1 saturated heterocycles. The first-order valence-corrected chi connectivity index (χ1v) is 24.1. The topological polar surface area (TPSA) is 49.4 Å². The molecule has 7 aromatic carbocycles. The molecule has 4 aliphatic rings. The van der Waals surface area contributed by atoms with Gasteiger partial charge in [-0.05, 0) is 154 Å². The highest BCUT2D eigenvalue weighted by Gasteiger charge is 2.55. The largest absolute Gasteiger partial charge is 0.497 e. The first-order valence-electron chi connectivity index (χ1n) is 24.1. The second-order valence-corrected chi connectivity index (χ2v) is 20.7. The molecule has 6 nitrogen and oxygen atoms in total. The van der Waals surface area contributed by atoms with E-state index in [1.165, 1.54) is 38.9 Å². The number of anilines is 1. The second kappa shape index (κ2) is 16.4. The van der Waals surface area contributed by atoms with Gasteiger partial charge in [0.05, 0.1) is 34.0 Å². The average Bonchev–Trinajstić information content (AvgIpc) is 3.61. The minimum atomic E-state index is -0.957. The molecule has 2 aliphatic heterocycles. The van der Waals surface area contributed by atoms with Gasteiger partial charge in [0.25, 0.3) is 0 Å². The Morgan fingerprint density at radius 2 is 1.15 bits per heavy atom. The van der Waals surface area contributed by atoms with E-state index in [0.717, 1.165) is 107 Å². The molecule has 1 saturated carbocycles. The number of nitrogens with zero attached hydrogens (tertiary/aromatic N) is 1. The van der Waals surface area contributed by atoms with Crippen LogP contribution in [0.1, 0.15) is 81.7 Å². The normalized spacial score (nSPS) is 19.6. The van der Waals surface area contributed by atoms with Crippen LogP contribution in [0, 0.1) is 10.8 Å². The molecular weight excluding hydrogens is 827 g/mol. The molecule has 2 fully saturated rings. The van der Waals surface area contributed by atoms with Gasteiger partial charge in [-0.2, -0.15) is 0 Å². The maximum Gasteiger partial charge on any atom is 0.178 e. The highest BCUT2D eigenvalue weighted by Crippen LogP contribution is 2.67. The fourth-order valence-corrected chi connectivity index (χ4v) is 12.9. The van der Waals surface area contributed by atoms with Crippen LogP contribution in [0.4, 0.5) is 5.69 Å². The van der Waals surface area contributed by atoms with Crippen LogP contribution < -0.4 is 23.8 Å². The third-order valence-electron chi connectivity index (χ3n) is 15.0. The van der Waals surface area contributed by atoms with E-state index in [1.54, 1.807) is 14.2 Å². The number of fused-ring (bicyclic) bond motifs is 10. The van der Waals surface area contributed by atoms with E-state index >= 15 is 0 Å². The van der Waals surface area contributed by atoms with Gasteiger partial charge in [-0.15, -0.1) is 0 Å². The molecule has 340 valence electrons. The molecule has 2 heterocycles. The van der Waals surface area contributed by atoms with Gasteiger partial charge in [0.2, 0.25) is 0 Å². The Hall–Kier alpha value is -6.50. The summed E-state index contributed by atoms with van der Waals surface area (Å²) in [5, 5.41) is 2.28. The molecule has 67 heavy (non-hydrogen) atoms. The van der Waals surface area contributed by atoms with Crippen LogP contribution in [-0.4, -0.2) is 47.1 Å². The average molecular weight is 888 g/mol. The van der Waals surface area contributed by atoms with Crippen molar-refractivity contribution in [1.29, 1.82) is 0 Å². The van der Waals surface area contributed by atoms with Gasteiger partial charge >= 0.3 is 0 Å². The zero-order valence-electron chi connectivity index (χ0n) is 40.0. The second-order valence-electron chi connectivity index (χ2n) is 20.7. The molecule has 11 rings (SSSR count). The molecular formula is C61H61NO5. The van der Waals surface area contributed by atoms with Gasteiger partial charge in [0.15, 0.2) is 5.60 Å². The van der Waals surface area contributed by atoms with E-state index in [0.29, 0.717) is 6.61 Å². The summed E-state index contributed by atoms with van der Waals surface area (Å²) in [5.41, 5.74) is 13.4. The number of hydrogen-bond donors (Lipinski definition) is 0. The van der Waals surface area contributed by atoms with Crippen molar-refractivity contribution in [3.8, 4) is 56.4 Å². The highest BCUT2D eigenvalue weighted by molar-refractivity contribution is 6.12. The van der Waals surface area contributed by atoms with Crippen LogP contribution in [0.3, 0.4) is 0 Å². The Kier molecular flexibility index (Phi) is 10.5. The van der Waals surface area contributed by atoms with Crippen LogP contribution in [0.5, 0.6) is 23.0 Å². The zero-order valence-corrected chi connectivity index (χ0v) is 40.0. The number of benzene rings is 7. The maximum absolute atomic E-state index is 8.04. The lowest BCUT2D eigenvalue weighted by molar-refractivity contribution is 0.0642. The summed E-state index contributed by atoms with van der Waals surface area (Å²) in [6.45, 7) is 15.8. The van der Waals surface area contributed by atoms with Gasteiger partial charge in [0, 0.05) is 46.3 Å². The maximum atomic E-state index is 8.04. The molecule has 6 heteroatoms. The standard InChI is InChI=1S/C61H61NO5/c1-8-66-47-25-15-41(16-26-47)50-35-52-53(36-51(50)40-13-23-45(63-6)24-14-40)57-49(56-55(52)48-11-9-10-12-54(48)60(56)38-58(2,3)37-59(4,5)39-60)29-30-61(67-57,43-19-27-46(64-7)28-20-43)42-17-21-44(22-18-42)62-31-33-65-34-32-62/h9-30,35-36H,8,31-34,37-39H2,1-7H3. The molecule has 7 aromatic rings. The fourth-order valence-electron chi connectivity index (χ4n) is 12.9. The third kappa shape index (κ3) is 7.27. The van der Waals surface area contributed by atoms with E-state index in [-0.39, 0.29) is 16.2 Å².